The first-order valence-electron chi connectivity index (χ1n) is 9.30. The van der Waals surface area contributed by atoms with Gasteiger partial charge in [-0.2, -0.15) is 0 Å². The molecule has 0 saturated carbocycles. The third-order valence-electron chi connectivity index (χ3n) is 4.44. The van der Waals surface area contributed by atoms with Crippen molar-refractivity contribution >= 4 is 45.2 Å². The minimum absolute atomic E-state index is 1.00. The average molecular weight is 586 g/mol. The molecule has 0 aliphatic rings. The Hall–Kier alpha value is -1.76. The van der Waals surface area contributed by atoms with Gasteiger partial charge in [0.25, 0.3) is 0 Å². The molecule has 2 heteroatoms. The summed E-state index contributed by atoms with van der Waals surface area (Å²) >= 11 is 4.75. The molecule has 0 heterocycles. The van der Waals surface area contributed by atoms with Gasteiger partial charge in [-0.15, -0.1) is 0 Å². The van der Waals surface area contributed by atoms with E-state index in [9.17, 15) is 0 Å². The molecule has 0 N–H and O–H groups in total. The summed E-state index contributed by atoms with van der Waals surface area (Å²) in [6, 6.07) is 20.9. The van der Waals surface area contributed by atoms with Crippen LogP contribution in [0.1, 0.15) is 47.2 Å². The monoisotopic (exact) mass is 586 g/mol. The lowest BCUT2D eigenvalue weighted by Crippen LogP contribution is -1.87. The number of hydrogen-bond donors (Lipinski definition) is 0. The summed E-state index contributed by atoms with van der Waals surface area (Å²) in [6.07, 6.45) is 2.06. The number of hydrogen-bond acceptors (Lipinski definition) is 0. The average Bonchev–Trinajstić information content (AvgIpc) is 2.73. The van der Waals surface area contributed by atoms with E-state index in [-0.39, 0.29) is 0 Å². The van der Waals surface area contributed by atoms with Crippen molar-refractivity contribution in [2.24, 2.45) is 0 Å². The summed E-state index contributed by atoms with van der Waals surface area (Å²) in [5.41, 5.74) is 6.83. The van der Waals surface area contributed by atoms with Crippen LogP contribution in [0.3, 0.4) is 0 Å². The van der Waals surface area contributed by atoms with Gasteiger partial charge in [0.1, 0.15) is 0 Å². The van der Waals surface area contributed by atoms with Gasteiger partial charge in [-0.3, -0.25) is 0 Å². The van der Waals surface area contributed by atoms with Gasteiger partial charge in [-0.1, -0.05) is 37.5 Å². The predicted octanol–water partition coefficient (Wildman–Crippen LogP) is 6.82. The Morgan fingerprint density at radius 3 is 1.21 bits per heavy atom. The summed E-state index contributed by atoms with van der Waals surface area (Å²) in [5, 5.41) is 0. The quantitative estimate of drug-likeness (QED) is 0.229. The summed E-state index contributed by atoms with van der Waals surface area (Å²) in [5.74, 6) is 13.0. The van der Waals surface area contributed by atoms with Crippen molar-refractivity contribution in [2.45, 2.75) is 26.7 Å². The molecule has 28 heavy (non-hydrogen) atoms. The van der Waals surface area contributed by atoms with Gasteiger partial charge < -0.3 is 0 Å². The van der Waals surface area contributed by atoms with Gasteiger partial charge in [-0.05, 0) is 130 Å². The van der Waals surface area contributed by atoms with Crippen LogP contribution in [0.5, 0.6) is 0 Å². The molecule has 3 rings (SSSR count). The van der Waals surface area contributed by atoms with E-state index in [1.807, 2.05) is 24.3 Å². The van der Waals surface area contributed by atoms with E-state index < -0.39 is 0 Å². The van der Waals surface area contributed by atoms with Crippen LogP contribution in [0, 0.1) is 30.8 Å². The van der Waals surface area contributed by atoms with E-state index in [4.69, 9.17) is 0 Å². The number of benzene rings is 3. The van der Waals surface area contributed by atoms with Crippen molar-refractivity contribution in [1.29, 1.82) is 0 Å². The SMILES string of the molecule is CCc1cc(C#Cc2ccc(C#Cc3ccc(I)c(CC)c3)cc2)ccc1I. The zero-order valence-corrected chi connectivity index (χ0v) is 20.3. The molecule has 0 nitrogen and oxygen atoms in total. The Morgan fingerprint density at radius 2 is 0.857 bits per heavy atom. The molecule has 0 unspecified atom stereocenters. The summed E-state index contributed by atoms with van der Waals surface area (Å²) in [4.78, 5) is 0. The molecule has 0 bridgehead atoms. The second-order valence-corrected chi connectivity index (χ2v) is 8.72. The van der Waals surface area contributed by atoms with Crippen LogP contribution >= 0.6 is 45.2 Å². The molecular weight excluding hydrogens is 566 g/mol. The van der Waals surface area contributed by atoms with Crippen LogP contribution < -0.4 is 0 Å². The molecule has 3 aromatic rings. The molecule has 3 aromatic carbocycles. The smallest absolute Gasteiger partial charge is 0.0252 e. The van der Waals surface area contributed by atoms with Crippen molar-refractivity contribution in [1.82, 2.24) is 0 Å². The molecule has 0 saturated heterocycles. The Balaban J connectivity index is 1.75. The summed E-state index contributed by atoms with van der Waals surface area (Å²) < 4.78 is 2.60. The minimum atomic E-state index is 1.00. The van der Waals surface area contributed by atoms with Crippen LogP contribution in [0.15, 0.2) is 60.7 Å². The summed E-state index contributed by atoms with van der Waals surface area (Å²) in [6.45, 7) is 4.35. The van der Waals surface area contributed by atoms with Crippen LogP contribution in [-0.2, 0) is 12.8 Å². The molecule has 0 atom stereocenters. The number of halogens is 2. The first-order chi connectivity index (χ1) is 13.6. The third kappa shape index (κ3) is 5.63. The molecule has 0 aromatic heterocycles. The Kier molecular flexibility index (Phi) is 7.59. The molecule has 0 fully saturated rings. The fraction of sp³-hybridized carbons (Fsp3) is 0.154. The Bertz CT molecular complexity index is 1010. The zero-order chi connectivity index (χ0) is 19.9. The highest BCUT2D eigenvalue weighted by atomic mass is 127. The van der Waals surface area contributed by atoms with Crippen LogP contribution in [0.4, 0.5) is 0 Å². The van der Waals surface area contributed by atoms with Gasteiger partial charge >= 0.3 is 0 Å². The van der Waals surface area contributed by atoms with Crippen LogP contribution in [-0.4, -0.2) is 0 Å². The normalized spacial score (nSPS) is 9.86. The highest BCUT2D eigenvalue weighted by molar-refractivity contribution is 14.1. The van der Waals surface area contributed by atoms with Gasteiger partial charge in [0.15, 0.2) is 0 Å². The van der Waals surface area contributed by atoms with E-state index in [0.717, 1.165) is 35.1 Å². The molecule has 0 radical (unpaired) electrons. The van der Waals surface area contributed by atoms with Crippen molar-refractivity contribution in [2.75, 3.05) is 0 Å². The first-order valence-corrected chi connectivity index (χ1v) is 11.5. The molecule has 0 amide bonds. The topological polar surface area (TPSA) is 0 Å². The Morgan fingerprint density at radius 1 is 0.536 bits per heavy atom. The maximum absolute atomic E-state index is 3.27. The van der Waals surface area contributed by atoms with E-state index in [2.05, 4.69) is 119 Å². The summed E-state index contributed by atoms with van der Waals surface area (Å²) in [7, 11) is 0. The Labute approximate surface area is 195 Å². The van der Waals surface area contributed by atoms with E-state index in [0.29, 0.717) is 0 Å². The minimum Gasteiger partial charge on any atom is -0.0617 e. The molecule has 0 aliphatic heterocycles. The van der Waals surface area contributed by atoms with Gasteiger partial charge in [-0.25, -0.2) is 0 Å². The zero-order valence-electron chi connectivity index (χ0n) is 15.9. The second kappa shape index (κ2) is 10.1. The van der Waals surface area contributed by atoms with Crippen LogP contribution in [0.2, 0.25) is 0 Å². The van der Waals surface area contributed by atoms with Crippen molar-refractivity contribution in [3.05, 3.63) is 101 Å². The van der Waals surface area contributed by atoms with Crippen LogP contribution in [0.25, 0.3) is 0 Å². The lowest BCUT2D eigenvalue weighted by molar-refractivity contribution is 1.12. The highest BCUT2D eigenvalue weighted by Gasteiger charge is 1.99. The first kappa shape index (κ1) is 21.0. The fourth-order valence-electron chi connectivity index (χ4n) is 2.77. The van der Waals surface area contributed by atoms with Gasteiger partial charge in [0.2, 0.25) is 0 Å². The van der Waals surface area contributed by atoms with E-state index in [1.165, 1.54) is 18.3 Å². The van der Waals surface area contributed by atoms with Crippen molar-refractivity contribution in [3.8, 4) is 23.7 Å². The molecular formula is C26H20I2. The maximum atomic E-state index is 3.27. The standard InChI is InChI=1S/C26H20I2/c1-3-23-17-21(13-15-25(23)27)11-9-19-5-7-20(8-6-19)10-12-22-14-16-26(28)24(4-2)18-22/h5-8,13-18H,3-4H2,1-2H3. The fourth-order valence-corrected chi connectivity index (χ4v) is 4.21. The molecule has 0 spiro atoms. The predicted molar refractivity (Wildman–Crippen MR) is 135 cm³/mol. The van der Waals surface area contributed by atoms with Gasteiger partial charge in [0.05, 0.1) is 0 Å². The number of rotatable bonds is 2. The maximum Gasteiger partial charge on any atom is 0.0252 e. The van der Waals surface area contributed by atoms with Gasteiger partial charge in [0, 0.05) is 29.4 Å². The second-order valence-electron chi connectivity index (χ2n) is 6.40. The van der Waals surface area contributed by atoms with Crippen molar-refractivity contribution in [3.63, 3.8) is 0 Å². The molecule has 138 valence electrons. The lowest BCUT2D eigenvalue weighted by atomic mass is 10.1. The highest BCUT2D eigenvalue weighted by Crippen LogP contribution is 2.16. The van der Waals surface area contributed by atoms with E-state index in [1.54, 1.807) is 0 Å². The lowest BCUT2D eigenvalue weighted by Gasteiger charge is -2.01. The number of aryl methyl sites for hydroxylation is 2. The third-order valence-corrected chi connectivity index (χ3v) is 6.55. The van der Waals surface area contributed by atoms with Crippen molar-refractivity contribution < 1.29 is 0 Å². The van der Waals surface area contributed by atoms with E-state index >= 15 is 0 Å². The largest absolute Gasteiger partial charge is 0.0617 e. The molecule has 0 aliphatic carbocycles.